The van der Waals surface area contributed by atoms with Gasteiger partial charge in [-0.15, -0.1) is 0 Å². The van der Waals surface area contributed by atoms with Gasteiger partial charge < -0.3 is 5.32 Å². The molecule has 1 aliphatic rings. The molecule has 0 spiro atoms. The molecule has 1 amide bonds. The second-order valence-electron chi connectivity index (χ2n) is 6.59. The predicted molar refractivity (Wildman–Crippen MR) is 99.2 cm³/mol. The van der Waals surface area contributed by atoms with Crippen molar-refractivity contribution in [3.05, 3.63) is 64.4 Å². The smallest absolute Gasteiger partial charge is 0.227 e. The fourth-order valence-electron chi connectivity index (χ4n) is 3.18. The maximum atomic E-state index is 13.8. The summed E-state index contributed by atoms with van der Waals surface area (Å²) in [5.41, 5.74) is 2.47. The van der Waals surface area contributed by atoms with E-state index in [9.17, 15) is 9.18 Å². The Morgan fingerprint density at radius 2 is 1.96 bits per heavy atom. The van der Waals surface area contributed by atoms with Gasteiger partial charge >= 0.3 is 0 Å². The fraction of sp³-hybridized carbons (Fsp3) is 0.350. The summed E-state index contributed by atoms with van der Waals surface area (Å²) < 4.78 is 13.8. The van der Waals surface area contributed by atoms with Crippen molar-refractivity contribution in [3.63, 3.8) is 0 Å². The molecular formula is C20H22ClFN2O. The minimum Gasteiger partial charge on any atom is -0.326 e. The average molecular weight is 361 g/mol. The van der Waals surface area contributed by atoms with Gasteiger partial charge in [-0.2, -0.15) is 0 Å². The summed E-state index contributed by atoms with van der Waals surface area (Å²) in [6.45, 7) is 4.12. The monoisotopic (exact) mass is 360 g/mol. The van der Waals surface area contributed by atoms with E-state index in [0.717, 1.165) is 37.2 Å². The molecule has 0 radical (unpaired) electrons. The number of aryl methyl sites for hydroxylation is 1. The number of carbonyl (C=O) groups excluding carboxylic acids is 1. The molecule has 1 heterocycles. The lowest BCUT2D eigenvalue weighted by Gasteiger charge is -2.31. The molecule has 132 valence electrons. The number of benzene rings is 2. The van der Waals surface area contributed by atoms with Crippen molar-refractivity contribution in [3.8, 4) is 0 Å². The molecule has 25 heavy (non-hydrogen) atoms. The number of carbonyl (C=O) groups is 1. The standard InChI is InChI=1S/C20H22ClFN2O/c1-14-6-7-17(21)12-19(14)23-20(25)15-8-10-24(11-9-15)13-16-4-2-3-5-18(16)22/h2-7,12,15H,8-11,13H2,1H3,(H,23,25). The van der Waals surface area contributed by atoms with Crippen molar-refractivity contribution in [2.45, 2.75) is 26.3 Å². The van der Waals surface area contributed by atoms with Crippen LogP contribution >= 0.6 is 11.6 Å². The van der Waals surface area contributed by atoms with E-state index in [0.29, 0.717) is 17.1 Å². The summed E-state index contributed by atoms with van der Waals surface area (Å²) in [6, 6.07) is 12.4. The quantitative estimate of drug-likeness (QED) is 0.861. The third kappa shape index (κ3) is 4.59. The first-order valence-electron chi connectivity index (χ1n) is 8.55. The first-order valence-corrected chi connectivity index (χ1v) is 8.93. The molecule has 0 aliphatic carbocycles. The van der Waals surface area contributed by atoms with Gasteiger partial charge in [0.05, 0.1) is 0 Å². The molecule has 2 aromatic rings. The van der Waals surface area contributed by atoms with Gasteiger partial charge in [-0.3, -0.25) is 9.69 Å². The summed E-state index contributed by atoms with van der Waals surface area (Å²) in [5, 5.41) is 3.60. The van der Waals surface area contributed by atoms with Crippen LogP contribution in [0.25, 0.3) is 0 Å². The number of rotatable bonds is 4. The molecule has 3 nitrogen and oxygen atoms in total. The Morgan fingerprint density at radius 1 is 1.24 bits per heavy atom. The summed E-state index contributed by atoms with van der Waals surface area (Å²) in [7, 11) is 0. The van der Waals surface area contributed by atoms with E-state index < -0.39 is 0 Å². The number of hydrogen-bond acceptors (Lipinski definition) is 2. The largest absolute Gasteiger partial charge is 0.326 e. The van der Waals surface area contributed by atoms with Gasteiger partial charge in [0.1, 0.15) is 5.82 Å². The van der Waals surface area contributed by atoms with E-state index >= 15 is 0 Å². The maximum Gasteiger partial charge on any atom is 0.227 e. The van der Waals surface area contributed by atoms with E-state index in [-0.39, 0.29) is 17.6 Å². The summed E-state index contributed by atoms with van der Waals surface area (Å²) in [4.78, 5) is 14.7. The lowest BCUT2D eigenvalue weighted by Crippen LogP contribution is -2.38. The zero-order valence-electron chi connectivity index (χ0n) is 14.3. The van der Waals surface area contributed by atoms with Gasteiger partial charge in [0.2, 0.25) is 5.91 Å². The van der Waals surface area contributed by atoms with Crippen molar-refractivity contribution in [1.82, 2.24) is 4.90 Å². The highest BCUT2D eigenvalue weighted by Crippen LogP contribution is 2.24. The molecule has 0 unspecified atom stereocenters. The van der Waals surface area contributed by atoms with Crippen molar-refractivity contribution in [2.75, 3.05) is 18.4 Å². The normalized spacial score (nSPS) is 16.0. The minimum absolute atomic E-state index is 0.0183. The number of amides is 1. The molecular weight excluding hydrogens is 339 g/mol. The zero-order valence-corrected chi connectivity index (χ0v) is 15.0. The molecule has 0 aromatic heterocycles. The molecule has 0 atom stereocenters. The average Bonchev–Trinajstić information content (AvgIpc) is 2.61. The first-order chi connectivity index (χ1) is 12.0. The van der Waals surface area contributed by atoms with E-state index in [1.165, 1.54) is 6.07 Å². The summed E-state index contributed by atoms with van der Waals surface area (Å²) >= 11 is 6.01. The molecule has 1 N–H and O–H groups in total. The van der Waals surface area contributed by atoms with Crippen molar-refractivity contribution in [2.24, 2.45) is 5.92 Å². The van der Waals surface area contributed by atoms with E-state index in [4.69, 9.17) is 11.6 Å². The van der Waals surface area contributed by atoms with Crippen LogP contribution in [0, 0.1) is 18.7 Å². The third-order valence-corrected chi connectivity index (χ3v) is 5.00. The number of piperidine rings is 1. The Labute approximate surface area is 152 Å². The Bertz CT molecular complexity index is 757. The maximum absolute atomic E-state index is 13.8. The molecule has 3 rings (SSSR count). The molecule has 1 saturated heterocycles. The van der Waals surface area contributed by atoms with E-state index in [2.05, 4.69) is 10.2 Å². The van der Waals surface area contributed by atoms with Gasteiger partial charge in [-0.05, 0) is 56.6 Å². The lowest BCUT2D eigenvalue weighted by molar-refractivity contribution is -0.121. The van der Waals surface area contributed by atoms with Gasteiger partial charge in [-0.25, -0.2) is 4.39 Å². The van der Waals surface area contributed by atoms with Crippen LogP contribution in [0.1, 0.15) is 24.0 Å². The molecule has 2 aromatic carbocycles. The fourth-order valence-corrected chi connectivity index (χ4v) is 3.36. The SMILES string of the molecule is Cc1ccc(Cl)cc1NC(=O)C1CCN(Cc2ccccc2F)CC1. The van der Waals surface area contributed by atoms with Gasteiger partial charge in [0.25, 0.3) is 0 Å². The van der Waals surface area contributed by atoms with Crippen LogP contribution in [-0.4, -0.2) is 23.9 Å². The number of anilines is 1. The minimum atomic E-state index is -0.168. The Morgan fingerprint density at radius 3 is 2.68 bits per heavy atom. The van der Waals surface area contributed by atoms with Crippen LogP contribution in [0.4, 0.5) is 10.1 Å². The van der Waals surface area contributed by atoms with Crippen LogP contribution in [0.5, 0.6) is 0 Å². The highest BCUT2D eigenvalue weighted by atomic mass is 35.5. The van der Waals surface area contributed by atoms with Crippen LogP contribution in [-0.2, 0) is 11.3 Å². The Balaban J connectivity index is 1.54. The van der Waals surface area contributed by atoms with Crippen molar-refractivity contribution >= 4 is 23.2 Å². The van der Waals surface area contributed by atoms with Crippen LogP contribution in [0.15, 0.2) is 42.5 Å². The topological polar surface area (TPSA) is 32.3 Å². The Kier molecular flexibility index (Phi) is 5.71. The number of halogens is 2. The van der Waals surface area contributed by atoms with Crippen LogP contribution in [0.2, 0.25) is 5.02 Å². The zero-order chi connectivity index (χ0) is 17.8. The number of likely N-dealkylation sites (tertiary alicyclic amines) is 1. The summed E-state index contributed by atoms with van der Waals surface area (Å²) in [5.74, 6) is -0.148. The lowest BCUT2D eigenvalue weighted by atomic mass is 9.95. The third-order valence-electron chi connectivity index (χ3n) is 4.77. The van der Waals surface area contributed by atoms with Crippen LogP contribution in [0.3, 0.4) is 0 Å². The second-order valence-corrected chi connectivity index (χ2v) is 7.03. The second kappa shape index (κ2) is 7.98. The summed E-state index contributed by atoms with van der Waals surface area (Å²) in [6.07, 6.45) is 1.56. The molecule has 1 fully saturated rings. The molecule has 5 heteroatoms. The number of nitrogens with one attached hydrogen (secondary N) is 1. The highest BCUT2D eigenvalue weighted by molar-refractivity contribution is 6.31. The van der Waals surface area contributed by atoms with Crippen molar-refractivity contribution in [1.29, 1.82) is 0 Å². The van der Waals surface area contributed by atoms with Gasteiger partial charge in [0.15, 0.2) is 0 Å². The molecule has 0 saturated carbocycles. The van der Waals surface area contributed by atoms with E-state index in [1.54, 1.807) is 12.1 Å². The first kappa shape index (κ1) is 17.9. The highest BCUT2D eigenvalue weighted by Gasteiger charge is 2.25. The Hall–Kier alpha value is -1.91. The van der Waals surface area contributed by atoms with Gasteiger partial charge in [-0.1, -0.05) is 35.9 Å². The van der Waals surface area contributed by atoms with Crippen molar-refractivity contribution < 1.29 is 9.18 Å². The van der Waals surface area contributed by atoms with Crippen LogP contribution < -0.4 is 5.32 Å². The van der Waals surface area contributed by atoms with E-state index in [1.807, 2.05) is 31.2 Å². The predicted octanol–water partition coefficient (Wildman–Crippen LogP) is 4.64. The number of hydrogen-bond donors (Lipinski definition) is 1. The molecule has 0 bridgehead atoms. The number of nitrogens with zero attached hydrogens (tertiary/aromatic N) is 1. The van der Waals surface area contributed by atoms with Gasteiger partial charge in [0, 0.05) is 28.7 Å². The molecule has 1 aliphatic heterocycles.